The molecule has 0 spiro atoms. The van der Waals surface area contributed by atoms with Gasteiger partial charge < -0.3 is 11.1 Å². The second-order valence-electron chi connectivity index (χ2n) is 6.68. The van der Waals surface area contributed by atoms with Crippen molar-refractivity contribution in [2.45, 2.75) is 45.1 Å². The standard InChI is InChI=1S/C14H24N2O/c1-8(15)7-16-14(17)13-11-3-9-2-10(5-11)6-12(13)4-9/h8-13H,2-7,15H2,1H3,(H,16,17). The lowest BCUT2D eigenvalue weighted by Gasteiger charge is -2.53. The molecule has 96 valence electrons. The first-order valence-electron chi connectivity index (χ1n) is 7.16. The zero-order valence-corrected chi connectivity index (χ0v) is 10.7. The van der Waals surface area contributed by atoms with Crippen molar-refractivity contribution < 1.29 is 4.79 Å². The van der Waals surface area contributed by atoms with Crippen LogP contribution < -0.4 is 11.1 Å². The molecule has 0 aromatic heterocycles. The van der Waals surface area contributed by atoms with E-state index in [0.717, 1.165) is 11.8 Å². The fourth-order valence-corrected chi connectivity index (χ4v) is 4.73. The molecule has 4 aliphatic rings. The van der Waals surface area contributed by atoms with Gasteiger partial charge in [-0.3, -0.25) is 4.79 Å². The van der Waals surface area contributed by atoms with Crippen molar-refractivity contribution in [3.05, 3.63) is 0 Å². The molecule has 0 aromatic carbocycles. The third-order valence-corrected chi connectivity index (χ3v) is 5.13. The second-order valence-corrected chi connectivity index (χ2v) is 6.68. The van der Waals surface area contributed by atoms with E-state index < -0.39 is 0 Å². The topological polar surface area (TPSA) is 55.1 Å². The van der Waals surface area contributed by atoms with E-state index in [1.165, 1.54) is 32.1 Å². The molecule has 1 amide bonds. The maximum absolute atomic E-state index is 12.3. The fraction of sp³-hybridized carbons (Fsp3) is 0.929. The van der Waals surface area contributed by atoms with Crippen LogP contribution in [0.25, 0.3) is 0 Å². The Balaban J connectivity index is 1.65. The molecule has 4 fully saturated rings. The van der Waals surface area contributed by atoms with Gasteiger partial charge >= 0.3 is 0 Å². The molecule has 0 aliphatic heterocycles. The zero-order chi connectivity index (χ0) is 12.0. The summed E-state index contributed by atoms with van der Waals surface area (Å²) in [7, 11) is 0. The Morgan fingerprint density at radius 1 is 1.18 bits per heavy atom. The first-order chi connectivity index (χ1) is 8.13. The van der Waals surface area contributed by atoms with Crippen LogP contribution in [0.4, 0.5) is 0 Å². The second kappa shape index (κ2) is 4.27. The number of nitrogens with two attached hydrogens (primary N) is 1. The van der Waals surface area contributed by atoms with Crippen LogP contribution in [0.5, 0.6) is 0 Å². The van der Waals surface area contributed by atoms with E-state index in [2.05, 4.69) is 5.32 Å². The zero-order valence-electron chi connectivity index (χ0n) is 10.7. The number of nitrogens with one attached hydrogen (secondary N) is 1. The summed E-state index contributed by atoms with van der Waals surface area (Å²) in [4.78, 5) is 12.3. The van der Waals surface area contributed by atoms with Gasteiger partial charge in [-0.1, -0.05) is 0 Å². The molecule has 17 heavy (non-hydrogen) atoms. The Morgan fingerprint density at radius 3 is 2.18 bits per heavy atom. The molecule has 4 rings (SSSR count). The number of amides is 1. The van der Waals surface area contributed by atoms with Crippen LogP contribution in [0, 0.1) is 29.6 Å². The Morgan fingerprint density at radius 2 is 1.71 bits per heavy atom. The fourth-order valence-electron chi connectivity index (χ4n) is 4.73. The summed E-state index contributed by atoms with van der Waals surface area (Å²) >= 11 is 0. The summed E-state index contributed by atoms with van der Waals surface area (Å²) < 4.78 is 0. The molecule has 1 atom stereocenters. The Kier molecular flexibility index (Phi) is 2.89. The molecule has 3 N–H and O–H groups in total. The van der Waals surface area contributed by atoms with Crippen LogP contribution in [0.1, 0.15) is 39.0 Å². The van der Waals surface area contributed by atoms with Gasteiger partial charge in [0.05, 0.1) is 0 Å². The smallest absolute Gasteiger partial charge is 0.223 e. The maximum Gasteiger partial charge on any atom is 0.223 e. The summed E-state index contributed by atoms with van der Waals surface area (Å²) in [5, 5.41) is 3.05. The lowest BCUT2D eigenvalue weighted by atomic mass is 9.51. The number of rotatable bonds is 3. The number of carbonyl (C=O) groups excluding carboxylic acids is 1. The Labute approximate surface area is 104 Å². The highest BCUT2D eigenvalue weighted by atomic mass is 16.1. The van der Waals surface area contributed by atoms with Gasteiger partial charge in [-0.2, -0.15) is 0 Å². The van der Waals surface area contributed by atoms with Gasteiger partial charge in [-0.05, 0) is 62.7 Å². The molecular weight excluding hydrogens is 212 g/mol. The van der Waals surface area contributed by atoms with Crippen molar-refractivity contribution in [1.29, 1.82) is 0 Å². The van der Waals surface area contributed by atoms with Crippen LogP contribution in [0.3, 0.4) is 0 Å². The molecule has 4 saturated carbocycles. The molecule has 0 heterocycles. The molecular formula is C14H24N2O. The summed E-state index contributed by atoms with van der Waals surface area (Å²) in [5.41, 5.74) is 5.70. The predicted octanol–water partition coefficient (Wildman–Crippen LogP) is 1.52. The van der Waals surface area contributed by atoms with Crippen molar-refractivity contribution in [3.8, 4) is 0 Å². The lowest BCUT2D eigenvalue weighted by Crippen LogP contribution is -2.52. The highest BCUT2D eigenvalue weighted by molar-refractivity contribution is 5.79. The van der Waals surface area contributed by atoms with Gasteiger partial charge in [0, 0.05) is 18.5 Å². The summed E-state index contributed by atoms with van der Waals surface area (Å²) in [6, 6.07) is 0.0655. The maximum atomic E-state index is 12.3. The highest BCUT2D eigenvalue weighted by Gasteiger charge is 2.50. The molecule has 1 unspecified atom stereocenters. The first-order valence-corrected chi connectivity index (χ1v) is 7.16. The number of carbonyl (C=O) groups is 1. The van der Waals surface area contributed by atoms with Gasteiger partial charge in [0.1, 0.15) is 0 Å². The first kappa shape index (κ1) is 11.5. The van der Waals surface area contributed by atoms with Crippen LogP contribution in [-0.2, 0) is 4.79 Å². The minimum Gasteiger partial charge on any atom is -0.354 e. The summed E-state index contributed by atoms with van der Waals surface area (Å²) in [6.45, 7) is 2.57. The van der Waals surface area contributed by atoms with Crippen LogP contribution in [-0.4, -0.2) is 18.5 Å². The average molecular weight is 236 g/mol. The molecule has 0 radical (unpaired) electrons. The SMILES string of the molecule is CC(N)CNC(=O)C1C2CC3CC(C2)CC1C3. The predicted molar refractivity (Wildman–Crippen MR) is 67.2 cm³/mol. The van der Waals surface area contributed by atoms with Gasteiger partial charge in [0.2, 0.25) is 5.91 Å². The van der Waals surface area contributed by atoms with Crippen molar-refractivity contribution in [2.24, 2.45) is 35.3 Å². The summed E-state index contributed by atoms with van der Waals surface area (Å²) in [5.74, 6) is 3.83. The highest BCUT2D eigenvalue weighted by Crippen LogP contribution is 2.56. The third kappa shape index (κ3) is 2.10. The molecule has 4 bridgehead atoms. The Bertz CT molecular complexity index is 285. The molecule has 3 heteroatoms. The number of hydrogen-bond acceptors (Lipinski definition) is 2. The normalized spacial score (nSPS) is 44.7. The van der Waals surface area contributed by atoms with Crippen molar-refractivity contribution in [3.63, 3.8) is 0 Å². The quantitative estimate of drug-likeness (QED) is 0.780. The lowest BCUT2D eigenvalue weighted by molar-refractivity contribution is -0.138. The van der Waals surface area contributed by atoms with E-state index in [-0.39, 0.29) is 11.9 Å². The monoisotopic (exact) mass is 236 g/mol. The van der Waals surface area contributed by atoms with Crippen LogP contribution in [0.15, 0.2) is 0 Å². The van der Waals surface area contributed by atoms with Crippen molar-refractivity contribution >= 4 is 5.91 Å². The van der Waals surface area contributed by atoms with Crippen molar-refractivity contribution in [1.82, 2.24) is 5.32 Å². The largest absolute Gasteiger partial charge is 0.354 e. The van der Waals surface area contributed by atoms with Gasteiger partial charge in [0.15, 0.2) is 0 Å². The molecule has 4 aliphatic carbocycles. The molecule has 0 aromatic rings. The van der Waals surface area contributed by atoms with E-state index in [0.29, 0.717) is 24.3 Å². The van der Waals surface area contributed by atoms with E-state index >= 15 is 0 Å². The minimum atomic E-state index is 0.0655. The number of hydrogen-bond donors (Lipinski definition) is 2. The summed E-state index contributed by atoms with van der Waals surface area (Å²) in [6.07, 6.45) is 6.68. The molecule has 0 saturated heterocycles. The van der Waals surface area contributed by atoms with E-state index in [9.17, 15) is 4.79 Å². The van der Waals surface area contributed by atoms with Gasteiger partial charge in [0.25, 0.3) is 0 Å². The minimum absolute atomic E-state index is 0.0655. The van der Waals surface area contributed by atoms with Gasteiger partial charge in [-0.15, -0.1) is 0 Å². The van der Waals surface area contributed by atoms with E-state index in [4.69, 9.17) is 5.73 Å². The van der Waals surface area contributed by atoms with Gasteiger partial charge in [-0.25, -0.2) is 0 Å². The van der Waals surface area contributed by atoms with E-state index in [1.807, 2.05) is 6.92 Å². The molecule has 3 nitrogen and oxygen atoms in total. The van der Waals surface area contributed by atoms with Crippen molar-refractivity contribution in [2.75, 3.05) is 6.54 Å². The average Bonchev–Trinajstić information content (AvgIpc) is 2.24. The third-order valence-electron chi connectivity index (χ3n) is 5.13. The van der Waals surface area contributed by atoms with Crippen LogP contribution in [0.2, 0.25) is 0 Å². The van der Waals surface area contributed by atoms with E-state index in [1.54, 1.807) is 0 Å². The van der Waals surface area contributed by atoms with Crippen LogP contribution >= 0.6 is 0 Å². The Hall–Kier alpha value is -0.570.